The van der Waals surface area contributed by atoms with Crippen LogP contribution >= 0.6 is 34.8 Å². The first-order valence-electron chi connectivity index (χ1n) is 8.89. The number of nitrogens with zero attached hydrogens (tertiary/aromatic N) is 1. The summed E-state index contributed by atoms with van der Waals surface area (Å²) in [6.07, 6.45) is 1.48. The predicted octanol–water partition coefficient (Wildman–Crippen LogP) is 3.16. The van der Waals surface area contributed by atoms with E-state index in [1.165, 1.54) is 39.4 Å². The molecule has 1 heterocycles. The average molecular weight is 554 g/mol. The molecular weight excluding hydrogens is 535 g/mol. The number of anilines is 1. The average Bonchev–Trinajstić information content (AvgIpc) is 2.76. The van der Waals surface area contributed by atoms with Gasteiger partial charge in [-0.25, -0.2) is 4.90 Å². The molecule has 1 fully saturated rings. The monoisotopic (exact) mass is 554 g/mol. The van der Waals surface area contributed by atoms with E-state index in [1.54, 1.807) is 30.3 Å². The van der Waals surface area contributed by atoms with Crippen molar-refractivity contribution in [2.75, 3.05) is 33.3 Å². The Hall–Kier alpha value is -2.86. The van der Waals surface area contributed by atoms with Crippen molar-refractivity contribution in [3.8, 4) is 23.0 Å². The fraction of sp³-hybridized carbons (Fsp3) is 0.190. The summed E-state index contributed by atoms with van der Waals surface area (Å²) < 4.78 is 22.1. The first-order chi connectivity index (χ1) is 14.8. The van der Waals surface area contributed by atoms with Crippen LogP contribution in [0.15, 0.2) is 35.9 Å². The van der Waals surface area contributed by atoms with Crippen molar-refractivity contribution in [3.63, 3.8) is 0 Å². The molecule has 1 N–H and O–H groups in total. The largest absolute Gasteiger partial charge is 0.497 e. The maximum atomic E-state index is 13.3. The van der Waals surface area contributed by atoms with Crippen LogP contribution in [-0.2, 0) is 9.59 Å². The quantitative estimate of drug-likeness (QED) is 0.254. The van der Waals surface area contributed by atoms with Crippen LogP contribution in [0.1, 0.15) is 5.56 Å². The van der Waals surface area contributed by atoms with Crippen LogP contribution in [0.3, 0.4) is 0 Å². The number of thiocarbonyl (C=S) groups is 1. The number of ether oxygens (including phenoxy) is 4. The second kappa shape index (κ2) is 9.52. The molecule has 1 saturated heterocycles. The van der Waals surface area contributed by atoms with Crippen molar-refractivity contribution in [2.45, 2.75) is 0 Å². The van der Waals surface area contributed by atoms with Gasteiger partial charge in [-0.2, -0.15) is 0 Å². The zero-order chi connectivity index (χ0) is 22.7. The number of rotatable bonds is 6. The molecule has 0 unspecified atom stereocenters. The topological polar surface area (TPSA) is 86.3 Å². The van der Waals surface area contributed by atoms with Crippen molar-refractivity contribution >= 4 is 63.5 Å². The summed E-state index contributed by atoms with van der Waals surface area (Å²) in [7, 11) is 6.05. The van der Waals surface area contributed by atoms with Crippen molar-refractivity contribution in [1.29, 1.82) is 0 Å². The molecule has 1 aliphatic heterocycles. The fourth-order valence-corrected chi connectivity index (χ4v) is 4.15. The Balaban J connectivity index is 2.08. The first kappa shape index (κ1) is 22.8. The number of benzene rings is 2. The highest BCUT2D eigenvalue weighted by atomic mass is 127. The molecule has 162 valence electrons. The lowest BCUT2D eigenvalue weighted by atomic mass is 10.1. The molecule has 3 rings (SSSR count). The van der Waals surface area contributed by atoms with Crippen LogP contribution in [0, 0.1) is 3.57 Å². The van der Waals surface area contributed by atoms with E-state index in [1.807, 2.05) is 0 Å². The standard InChI is InChI=1S/C21H19IN2O6S/c1-27-12-5-6-15(16(10-12)28-2)24-20(26)13(19(25)23-21(24)31)7-11-8-14(22)18(30-4)17(9-11)29-3/h5-10H,1-4H3,(H,23,25,31)/b13-7+. The Bertz CT molecular complexity index is 1100. The van der Waals surface area contributed by atoms with E-state index in [0.717, 1.165) is 3.57 Å². The lowest BCUT2D eigenvalue weighted by Crippen LogP contribution is -2.54. The van der Waals surface area contributed by atoms with Crippen LogP contribution in [0.2, 0.25) is 0 Å². The van der Waals surface area contributed by atoms with Gasteiger partial charge in [-0.1, -0.05) is 0 Å². The summed E-state index contributed by atoms with van der Waals surface area (Å²) in [6.45, 7) is 0. The van der Waals surface area contributed by atoms with Gasteiger partial charge in [-0.05, 0) is 70.7 Å². The normalized spacial score (nSPS) is 15.1. The lowest BCUT2D eigenvalue weighted by molar-refractivity contribution is -0.122. The van der Waals surface area contributed by atoms with Crippen LogP contribution < -0.4 is 29.2 Å². The smallest absolute Gasteiger partial charge is 0.270 e. The van der Waals surface area contributed by atoms with Crippen molar-refractivity contribution in [1.82, 2.24) is 5.32 Å². The third kappa shape index (κ3) is 4.44. The summed E-state index contributed by atoms with van der Waals surface area (Å²) >= 11 is 7.36. The SMILES string of the molecule is COc1ccc(N2C(=O)/C(=C/c3cc(I)c(OC)c(OC)c3)C(=O)NC2=S)c(OC)c1. The van der Waals surface area contributed by atoms with Gasteiger partial charge in [0.05, 0.1) is 37.7 Å². The zero-order valence-corrected chi connectivity index (χ0v) is 20.1. The minimum Gasteiger partial charge on any atom is -0.497 e. The molecule has 2 aromatic carbocycles. The molecular formula is C21H19IN2O6S. The Labute approximate surface area is 198 Å². The Kier molecular flexibility index (Phi) is 7.01. The second-order valence-electron chi connectivity index (χ2n) is 6.23. The van der Waals surface area contributed by atoms with Crippen molar-refractivity contribution in [3.05, 3.63) is 45.0 Å². The highest BCUT2D eigenvalue weighted by Gasteiger charge is 2.36. The van der Waals surface area contributed by atoms with E-state index in [-0.39, 0.29) is 10.7 Å². The Morgan fingerprint density at radius 2 is 1.68 bits per heavy atom. The molecule has 10 heteroatoms. The number of amides is 2. The zero-order valence-electron chi connectivity index (χ0n) is 17.1. The molecule has 0 saturated carbocycles. The van der Waals surface area contributed by atoms with Crippen molar-refractivity contribution in [2.24, 2.45) is 0 Å². The Morgan fingerprint density at radius 1 is 0.968 bits per heavy atom. The number of nitrogens with one attached hydrogen (secondary N) is 1. The third-order valence-corrected chi connectivity index (χ3v) is 5.58. The summed E-state index contributed by atoms with van der Waals surface area (Å²) in [5.74, 6) is 0.789. The highest BCUT2D eigenvalue weighted by Crippen LogP contribution is 2.36. The van der Waals surface area contributed by atoms with Gasteiger partial charge in [0.25, 0.3) is 11.8 Å². The summed E-state index contributed by atoms with van der Waals surface area (Å²) in [4.78, 5) is 27.1. The van der Waals surface area contributed by atoms with E-state index in [0.29, 0.717) is 34.2 Å². The highest BCUT2D eigenvalue weighted by molar-refractivity contribution is 14.1. The molecule has 1 aliphatic rings. The number of carbonyl (C=O) groups excluding carboxylic acids is 2. The molecule has 0 aromatic heterocycles. The van der Waals surface area contributed by atoms with Gasteiger partial charge in [-0.3, -0.25) is 14.9 Å². The molecule has 8 nitrogen and oxygen atoms in total. The maximum Gasteiger partial charge on any atom is 0.270 e. The molecule has 0 spiro atoms. The summed E-state index contributed by atoms with van der Waals surface area (Å²) in [5.41, 5.74) is 0.885. The van der Waals surface area contributed by atoms with Gasteiger partial charge in [0.2, 0.25) is 0 Å². The number of carbonyl (C=O) groups is 2. The van der Waals surface area contributed by atoms with Gasteiger partial charge in [0.15, 0.2) is 16.6 Å². The maximum absolute atomic E-state index is 13.3. The summed E-state index contributed by atoms with van der Waals surface area (Å²) in [6, 6.07) is 8.39. The van der Waals surface area contributed by atoms with E-state index in [9.17, 15) is 9.59 Å². The predicted molar refractivity (Wildman–Crippen MR) is 128 cm³/mol. The molecule has 0 atom stereocenters. The molecule has 0 radical (unpaired) electrons. The van der Waals surface area contributed by atoms with Gasteiger partial charge in [-0.15, -0.1) is 0 Å². The van der Waals surface area contributed by atoms with Crippen LogP contribution in [0.4, 0.5) is 5.69 Å². The number of hydrogen-bond acceptors (Lipinski definition) is 7. The van der Waals surface area contributed by atoms with Gasteiger partial charge >= 0.3 is 0 Å². The lowest BCUT2D eigenvalue weighted by Gasteiger charge is -2.30. The van der Waals surface area contributed by atoms with Crippen molar-refractivity contribution < 1.29 is 28.5 Å². The second-order valence-corrected chi connectivity index (χ2v) is 7.78. The molecule has 0 bridgehead atoms. The fourth-order valence-electron chi connectivity index (χ4n) is 3.03. The Morgan fingerprint density at radius 3 is 2.29 bits per heavy atom. The number of methoxy groups -OCH3 is 4. The van der Waals surface area contributed by atoms with E-state index in [4.69, 9.17) is 31.2 Å². The van der Waals surface area contributed by atoms with E-state index in [2.05, 4.69) is 27.9 Å². The number of halogens is 1. The van der Waals surface area contributed by atoms with E-state index >= 15 is 0 Å². The first-order valence-corrected chi connectivity index (χ1v) is 10.4. The molecule has 31 heavy (non-hydrogen) atoms. The third-order valence-electron chi connectivity index (χ3n) is 4.50. The van der Waals surface area contributed by atoms with Crippen LogP contribution in [0.25, 0.3) is 6.08 Å². The van der Waals surface area contributed by atoms with E-state index < -0.39 is 11.8 Å². The summed E-state index contributed by atoms with van der Waals surface area (Å²) in [5, 5.41) is 2.52. The molecule has 2 amide bonds. The molecule has 2 aromatic rings. The van der Waals surface area contributed by atoms with Gasteiger partial charge < -0.3 is 18.9 Å². The minimum absolute atomic E-state index is 0.0440. The van der Waals surface area contributed by atoms with Crippen LogP contribution in [0.5, 0.6) is 23.0 Å². The van der Waals surface area contributed by atoms with Crippen LogP contribution in [-0.4, -0.2) is 45.4 Å². The number of hydrogen-bond donors (Lipinski definition) is 1. The molecule has 0 aliphatic carbocycles. The van der Waals surface area contributed by atoms with Gasteiger partial charge in [0.1, 0.15) is 17.1 Å². The van der Waals surface area contributed by atoms with Gasteiger partial charge in [0, 0.05) is 6.07 Å². The minimum atomic E-state index is -0.594.